The zero-order valence-electron chi connectivity index (χ0n) is 15.2. The monoisotopic (exact) mass is 365 g/mol. The first kappa shape index (κ1) is 16.5. The fourth-order valence-corrected chi connectivity index (χ4v) is 5.21. The maximum Gasteiger partial charge on any atom is 0.242 e. The number of benzene rings is 1. The average Bonchev–Trinajstić information content (AvgIpc) is 3.39. The summed E-state index contributed by atoms with van der Waals surface area (Å²) in [6, 6.07) is 10.2. The molecule has 1 aromatic carbocycles. The number of fused-ring (bicyclic) bond motifs is 5. The maximum atomic E-state index is 12.7. The van der Waals surface area contributed by atoms with Gasteiger partial charge < -0.3 is 9.80 Å². The largest absolute Gasteiger partial charge is 0.368 e. The van der Waals surface area contributed by atoms with Crippen molar-refractivity contribution in [3.8, 4) is 0 Å². The Morgan fingerprint density at radius 1 is 0.889 bits per heavy atom. The minimum absolute atomic E-state index is 0.102. The van der Waals surface area contributed by atoms with Gasteiger partial charge in [0.15, 0.2) is 0 Å². The second-order valence-corrected chi connectivity index (χ2v) is 7.97. The van der Waals surface area contributed by atoms with Gasteiger partial charge in [-0.2, -0.15) is 0 Å². The van der Waals surface area contributed by atoms with Crippen LogP contribution in [0.2, 0.25) is 0 Å². The first-order chi connectivity index (χ1) is 13.1. The molecule has 2 heterocycles. The first-order valence-corrected chi connectivity index (χ1v) is 9.75. The van der Waals surface area contributed by atoms with Gasteiger partial charge in [-0.1, -0.05) is 30.4 Å². The van der Waals surface area contributed by atoms with Crippen molar-refractivity contribution in [2.45, 2.75) is 6.42 Å². The summed E-state index contributed by atoms with van der Waals surface area (Å²) < 4.78 is 0. The minimum Gasteiger partial charge on any atom is -0.368 e. The van der Waals surface area contributed by atoms with Gasteiger partial charge in [0, 0.05) is 31.9 Å². The van der Waals surface area contributed by atoms with Crippen molar-refractivity contribution in [2.24, 2.45) is 23.7 Å². The summed E-state index contributed by atoms with van der Waals surface area (Å²) in [4.78, 5) is 43.5. The standard InChI is InChI=1S/C21H23N3O3/c25-17(23-10-8-22(9-11-23)16-4-2-1-3-5-16)13-24-20(26)18-14-6-7-15(12-14)19(18)21(24)27/h1-7,14-15,18-19H,8-13H2/t14-,15-,18+,19+/m1/s1. The van der Waals surface area contributed by atoms with Gasteiger partial charge in [-0.25, -0.2) is 0 Å². The molecule has 2 bridgehead atoms. The number of likely N-dealkylation sites (tertiary alicyclic amines) is 1. The smallest absolute Gasteiger partial charge is 0.242 e. The van der Waals surface area contributed by atoms with E-state index >= 15 is 0 Å². The predicted octanol–water partition coefficient (Wildman–Crippen LogP) is 1.14. The van der Waals surface area contributed by atoms with Crippen LogP contribution in [0.1, 0.15) is 6.42 Å². The zero-order valence-corrected chi connectivity index (χ0v) is 15.2. The van der Waals surface area contributed by atoms with Crippen LogP contribution >= 0.6 is 0 Å². The molecule has 2 aliphatic carbocycles. The number of nitrogens with zero attached hydrogens (tertiary/aromatic N) is 3. The number of carbonyl (C=O) groups excluding carboxylic acids is 3. The van der Waals surface area contributed by atoms with Crippen molar-refractivity contribution in [1.82, 2.24) is 9.80 Å². The van der Waals surface area contributed by atoms with Crippen molar-refractivity contribution < 1.29 is 14.4 Å². The molecule has 0 radical (unpaired) electrons. The van der Waals surface area contributed by atoms with Crippen LogP contribution in [0.5, 0.6) is 0 Å². The van der Waals surface area contributed by atoms with E-state index in [1.807, 2.05) is 18.2 Å². The molecule has 4 atom stereocenters. The van der Waals surface area contributed by atoms with E-state index < -0.39 is 0 Å². The van der Waals surface area contributed by atoms with Crippen LogP contribution < -0.4 is 4.90 Å². The topological polar surface area (TPSA) is 60.9 Å². The zero-order chi connectivity index (χ0) is 18.5. The lowest BCUT2D eigenvalue weighted by molar-refractivity contribution is -0.147. The highest BCUT2D eigenvalue weighted by Gasteiger charge is 2.59. The van der Waals surface area contributed by atoms with E-state index in [0.29, 0.717) is 13.1 Å². The fraction of sp³-hybridized carbons (Fsp3) is 0.476. The molecule has 0 spiro atoms. The molecule has 3 amide bonds. The molecule has 6 nitrogen and oxygen atoms in total. The summed E-state index contributed by atoms with van der Waals surface area (Å²) in [6.45, 7) is 2.65. The van der Waals surface area contributed by atoms with Crippen LogP contribution in [0.15, 0.2) is 42.5 Å². The predicted molar refractivity (Wildman–Crippen MR) is 99.7 cm³/mol. The van der Waals surface area contributed by atoms with Crippen LogP contribution in [0.4, 0.5) is 5.69 Å². The highest BCUT2D eigenvalue weighted by molar-refractivity contribution is 6.08. The van der Waals surface area contributed by atoms with Crippen LogP contribution in [-0.2, 0) is 14.4 Å². The molecule has 2 aliphatic heterocycles. The van der Waals surface area contributed by atoms with E-state index in [4.69, 9.17) is 0 Å². The first-order valence-electron chi connectivity index (χ1n) is 9.75. The summed E-state index contributed by atoms with van der Waals surface area (Å²) in [7, 11) is 0. The van der Waals surface area contributed by atoms with Crippen LogP contribution in [0, 0.1) is 23.7 Å². The van der Waals surface area contributed by atoms with Gasteiger partial charge >= 0.3 is 0 Å². The van der Waals surface area contributed by atoms with E-state index in [1.165, 1.54) is 4.90 Å². The Morgan fingerprint density at radius 2 is 1.48 bits per heavy atom. The Hall–Kier alpha value is -2.63. The van der Waals surface area contributed by atoms with Crippen LogP contribution in [0.25, 0.3) is 0 Å². The summed E-state index contributed by atoms with van der Waals surface area (Å²) in [5.41, 5.74) is 1.16. The number of hydrogen-bond donors (Lipinski definition) is 0. The number of anilines is 1. The molecule has 140 valence electrons. The number of imide groups is 1. The third-order valence-electron chi connectivity index (χ3n) is 6.61. The van der Waals surface area contributed by atoms with E-state index in [1.54, 1.807) is 4.90 Å². The van der Waals surface area contributed by atoms with E-state index in [-0.39, 0.29) is 47.9 Å². The van der Waals surface area contributed by atoms with Gasteiger partial charge in [-0.3, -0.25) is 19.3 Å². The second-order valence-electron chi connectivity index (χ2n) is 7.97. The molecule has 0 aromatic heterocycles. The normalized spacial score (nSPS) is 31.8. The number of para-hydroxylation sites is 1. The van der Waals surface area contributed by atoms with Gasteiger partial charge in [0.05, 0.1) is 11.8 Å². The van der Waals surface area contributed by atoms with Gasteiger partial charge in [-0.05, 0) is 30.4 Å². The number of rotatable bonds is 3. The second kappa shape index (κ2) is 6.22. The summed E-state index contributed by atoms with van der Waals surface area (Å²) >= 11 is 0. The Balaban J connectivity index is 1.21. The highest BCUT2D eigenvalue weighted by Crippen LogP contribution is 2.52. The molecule has 1 saturated carbocycles. The minimum atomic E-state index is -0.227. The van der Waals surface area contributed by atoms with Gasteiger partial charge in [0.2, 0.25) is 17.7 Å². The quantitative estimate of drug-likeness (QED) is 0.595. The van der Waals surface area contributed by atoms with E-state index in [0.717, 1.165) is 25.2 Å². The van der Waals surface area contributed by atoms with Crippen LogP contribution in [0.3, 0.4) is 0 Å². The Kier molecular flexibility index (Phi) is 3.81. The highest BCUT2D eigenvalue weighted by atomic mass is 16.2. The Morgan fingerprint density at radius 3 is 2.07 bits per heavy atom. The molecule has 5 rings (SSSR count). The molecular formula is C21H23N3O3. The number of amides is 3. The summed E-state index contributed by atoms with van der Waals surface area (Å²) in [5.74, 6) is -0.483. The maximum absolute atomic E-state index is 12.7. The fourth-order valence-electron chi connectivity index (χ4n) is 5.21. The van der Waals surface area contributed by atoms with Crippen LogP contribution in [-0.4, -0.2) is 60.2 Å². The SMILES string of the molecule is O=C(CN1C(=O)[C@@H]2[C@@H](C1=O)[C@@H]1C=C[C@@H]2C1)N1CCN(c2ccccc2)CC1. The Labute approximate surface area is 158 Å². The summed E-state index contributed by atoms with van der Waals surface area (Å²) in [6.07, 6.45) is 5.06. The lowest BCUT2D eigenvalue weighted by Crippen LogP contribution is -2.52. The lowest BCUT2D eigenvalue weighted by Gasteiger charge is -2.36. The number of carbonyl (C=O) groups is 3. The molecule has 1 aromatic rings. The molecule has 4 aliphatic rings. The van der Waals surface area contributed by atoms with Gasteiger partial charge in [0.1, 0.15) is 6.54 Å². The third-order valence-corrected chi connectivity index (χ3v) is 6.61. The third kappa shape index (κ3) is 2.58. The van der Waals surface area contributed by atoms with Crippen molar-refractivity contribution in [1.29, 1.82) is 0 Å². The van der Waals surface area contributed by atoms with Gasteiger partial charge in [-0.15, -0.1) is 0 Å². The molecule has 2 saturated heterocycles. The van der Waals surface area contributed by atoms with Crippen molar-refractivity contribution >= 4 is 23.4 Å². The van der Waals surface area contributed by atoms with Crippen molar-refractivity contribution in [3.63, 3.8) is 0 Å². The number of piperazine rings is 1. The molecular weight excluding hydrogens is 342 g/mol. The average molecular weight is 365 g/mol. The molecule has 27 heavy (non-hydrogen) atoms. The lowest BCUT2D eigenvalue weighted by atomic mass is 9.85. The van der Waals surface area contributed by atoms with Crippen molar-refractivity contribution in [2.75, 3.05) is 37.6 Å². The number of allylic oxidation sites excluding steroid dienone is 2. The van der Waals surface area contributed by atoms with E-state index in [9.17, 15) is 14.4 Å². The van der Waals surface area contributed by atoms with E-state index in [2.05, 4.69) is 29.2 Å². The molecule has 0 N–H and O–H groups in total. The van der Waals surface area contributed by atoms with Gasteiger partial charge in [0.25, 0.3) is 0 Å². The molecule has 0 unspecified atom stereocenters. The summed E-state index contributed by atoms with van der Waals surface area (Å²) in [5, 5.41) is 0. The molecule has 6 heteroatoms. The number of hydrogen-bond acceptors (Lipinski definition) is 4. The Bertz CT molecular complexity index is 783. The van der Waals surface area contributed by atoms with Crippen molar-refractivity contribution in [3.05, 3.63) is 42.5 Å². The molecule has 3 fully saturated rings.